The third-order valence-corrected chi connectivity index (χ3v) is 4.59. The second kappa shape index (κ2) is 3.58. The summed E-state index contributed by atoms with van der Waals surface area (Å²) in [5.74, 6) is 0.962. The summed E-state index contributed by atoms with van der Waals surface area (Å²) < 4.78 is 0. The molecule has 0 aliphatic heterocycles. The number of allylic oxidation sites excluding steroid dienone is 2. The van der Waals surface area contributed by atoms with Crippen molar-refractivity contribution in [3.05, 3.63) is 41.2 Å². The van der Waals surface area contributed by atoms with Crippen molar-refractivity contribution in [3.63, 3.8) is 0 Å². The number of rotatable bonds is 0. The Labute approximate surface area is 112 Å². The first kappa shape index (κ1) is 10.6. The van der Waals surface area contributed by atoms with Gasteiger partial charge in [0.05, 0.1) is 22.4 Å². The van der Waals surface area contributed by atoms with E-state index < -0.39 is 0 Å². The molecule has 2 atom stereocenters. The van der Waals surface area contributed by atoms with Gasteiger partial charge in [-0.25, -0.2) is 9.97 Å². The van der Waals surface area contributed by atoms with Crippen LogP contribution in [0.5, 0.6) is 0 Å². The number of benzene rings is 1. The lowest BCUT2D eigenvalue weighted by Crippen LogP contribution is -2.20. The second-order valence-corrected chi connectivity index (χ2v) is 5.78. The molecule has 2 nitrogen and oxygen atoms in total. The van der Waals surface area contributed by atoms with E-state index in [0.717, 1.165) is 21.5 Å². The molecule has 1 aromatic heterocycles. The molecule has 2 bridgehead atoms. The van der Waals surface area contributed by atoms with Crippen molar-refractivity contribution in [3.8, 4) is 0 Å². The molecule has 0 spiro atoms. The van der Waals surface area contributed by atoms with Crippen LogP contribution in [0.1, 0.15) is 41.6 Å². The highest BCUT2D eigenvalue weighted by Gasteiger charge is 2.31. The number of hydrogen-bond donors (Lipinski definition) is 1. The Bertz CT molecular complexity index is 632. The Hall–Kier alpha value is -1.35. The lowest BCUT2D eigenvalue weighted by molar-refractivity contribution is 0.529. The van der Waals surface area contributed by atoms with Crippen molar-refractivity contribution in [1.29, 1.82) is 0 Å². The molecule has 3 aliphatic rings. The maximum Gasteiger partial charge on any atom is 0.0901 e. The summed E-state index contributed by atoms with van der Waals surface area (Å²) in [5, 5.41) is 0. The van der Waals surface area contributed by atoms with Crippen molar-refractivity contribution >= 4 is 23.7 Å². The summed E-state index contributed by atoms with van der Waals surface area (Å²) in [6.07, 6.45) is 7.04. The highest BCUT2D eigenvalue weighted by Crippen LogP contribution is 2.43. The Kier molecular flexibility index (Phi) is 2.10. The summed E-state index contributed by atoms with van der Waals surface area (Å²) in [7, 11) is 0. The maximum atomic E-state index is 4.85. The molecule has 0 amide bonds. The molecule has 1 heterocycles. The number of nitrogens with zero attached hydrogens (tertiary/aromatic N) is 2. The van der Waals surface area contributed by atoms with Crippen molar-refractivity contribution in [2.24, 2.45) is 0 Å². The fourth-order valence-corrected chi connectivity index (χ4v) is 3.23. The van der Waals surface area contributed by atoms with Gasteiger partial charge in [0.1, 0.15) is 0 Å². The van der Waals surface area contributed by atoms with E-state index in [1.165, 1.54) is 24.2 Å². The number of fused-ring (bicyclic) bond motifs is 2. The number of aromatic nitrogens is 2. The first-order valence-corrected chi connectivity index (χ1v) is 6.86. The van der Waals surface area contributed by atoms with E-state index in [9.17, 15) is 0 Å². The van der Waals surface area contributed by atoms with Gasteiger partial charge < -0.3 is 0 Å². The van der Waals surface area contributed by atoms with Gasteiger partial charge in [-0.15, -0.1) is 12.6 Å². The van der Waals surface area contributed by atoms with Gasteiger partial charge >= 0.3 is 0 Å². The van der Waals surface area contributed by atoms with Gasteiger partial charge in [0.15, 0.2) is 0 Å². The van der Waals surface area contributed by atoms with Gasteiger partial charge in [0.2, 0.25) is 0 Å². The van der Waals surface area contributed by atoms with Gasteiger partial charge in [-0.05, 0) is 37.5 Å². The molecule has 3 aliphatic carbocycles. The van der Waals surface area contributed by atoms with Crippen LogP contribution >= 0.6 is 12.6 Å². The van der Waals surface area contributed by atoms with E-state index in [2.05, 4.69) is 37.8 Å². The van der Waals surface area contributed by atoms with Crippen LogP contribution in [0.25, 0.3) is 11.0 Å². The van der Waals surface area contributed by atoms with Crippen molar-refractivity contribution in [2.75, 3.05) is 0 Å². The maximum absolute atomic E-state index is 4.85. The van der Waals surface area contributed by atoms with Crippen molar-refractivity contribution in [2.45, 2.75) is 36.5 Å². The molecule has 0 saturated heterocycles. The zero-order chi connectivity index (χ0) is 12.3. The molecule has 2 unspecified atom stereocenters. The minimum atomic E-state index is 0.478. The predicted molar refractivity (Wildman–Crippen MR) is 75.4 cm³/mol. The van der Waals surface area contributed by atoms with Crippen LogP contribution in [0.2, 0.25) is 0 Å². The van der Waals surface area contributed by atoms with Crippen LogP contribution in [0.4, 0.5) is 0 Å². The predicted octanol–water partition coefficient (Wildman–Crippen LogP) is 3.76. The van der Waals surface area contributed by atoms with Gasteiger partial charge in [-0.3, -0.25) is 0 Å². The monoisotopic (exact) mass is 254 g/mol. The zero-order valence-corrected chi connectivity index (χ0v) is 11.1. The lowest BCUT2D eigenvalue weighted by atomic mass is 9.76. The van der Waals surface area contributed by atoms with E-state index in [1.807, 2.05) is 6.07 Å². The lowest BCUT2D eigenvalue weighted by Gasteiger charge is -2.31. The molecule has 1 aromatic carbocycles. The summed E-state index contributed by atoms with van der Waals surface area (Å²) in [6, 6.07) is 4.13. The molecule has 90 valence electrons. The molecule has 0 fully saturated rings. The summed E-state index contributed by atoms with van der Waals surface area (Å²) in [4.78, 5) is 10.7. The van der Waals surface area contributed by atoms with Crippen LogP contribution in [0.15, 0.2) is 29.2 Å². The third-order valence-electron chi connectivity index (χ3n) is 4.10. The summed E-state index contributed by atoms with van der Waals surface area (Å²) >= 11 is 4.47. The Morgan fingerprint density at radius 3 is 2.11 bits per heavy atom. The van der Waals surface area contributed by atoms with Gasteiger partial charge in [0, 0.05) is 16.7 Å². The fourth-order valence-electron chi connectivity index (χ4n) is 3.04. The topological polar surface area (TPSA) is 25.8 Å². The Morgan fingerprint density at radius 2 is 1.56 bits per heavy atom. The Morgan fingerprint density at radius 1 is 1.00 bits per heavy atom. The molecule has 2 aromatic rings. The van der Waals surface area contributed by atoms with Crippen LogP contribution in [-0.4, -0.2) is 9.97 Å². The quantitative estimate of drug-likeness (QED) is 0.572. The molecular weight excluding hydrogens is 240 g/mol. The van der Waals surface area contributed by atoms with E-state index in [-0.39, 0.29) is 0 Å². The van der Waals surface area contributed by atoms with Crippen molar-refractivity contribution in [1.82, 2.24) is 9.97 Å². The van der Waals surface area contributed by atoms with E-state index in [4.69, 9.17) is 9.97 Å². The molecule has 5 rings (SSSR count). The van der Waals surface area contributed by atoms with E-state index in [0.29, 0.717) is 11.8 Å². The highest BCUT2D eigenvalue weighted by atomic mass is 32.1. The summed E-state index contributed by atoms with van der Waals surface area (Å²) in [6.45, 7) is 2.06. The van der Waals surface area contributed by atoms with Crippen LogP contribution in [0, 0.1) is 6.92 Å². The van der Waals surface area contributed by atoms with E-state index >= 15 is 0 Å². The standard InChI is InChI=1S/C15H14N2S/c1-8-6-11-12(7-13(8)18)17-15-10-4-2-9(3-5-10)14(15)16-11/h2,4,6-7,9-10,18H,3,5H2,1H3. The minimum absolute atomic E-state index is 0.478. The number of thiol groups is 1. The molecule has 18 heavy (non-hydrogen) atoms. The zero-order valence-electron chi connectivity index (χ0n) is 10.2. The SMILES string of the molecule is Cc1cc2nc3c(nc2cc1S)C1C=CC3CC1. The van der Waals surface area contributed by atoms with Crippen LogP contribution < -0.4 is 0 Å². The molecule has 0 saturated carbocycles. The van der Waals surface area contributed by atoms with E-state index in [1.54, 1.807) is 0 Å². The average Bonchev–Trinajstić information content (AvgIpc) is 2.39. The highest BCUT2D eigenvalue weighted by molar-refractivity contribution is 7.80. The molecule has 0 radical (unpaired) electrons. The van der Waals surface area contributed by atoms with Crippen LogP contribution in [0.3, 0.4) is 0 Å². The molecule has 3 heteroatoms. The summed E-state index contributed by atoms with van der Waals surface area (Å²) in [5.41, 5.74) is 5.54. The smallest absolute Gasteiger partial charge is 0.0901 e. The first-order chi connectivity index (χ1) is 8.72. The molecular formula is C15H14N2S. The van der Waals surface area contributed by atoms with Crippen molar-refractivity contribution < 1.29 is 0 Å². The molecule has 0 N–H and O–H groups in total. The normalized spacial score (nSPS) is 24.6. The third kappa shape index (κ3) is 1.37. The van der Waals surface area contributed by atoms with Gasteiger partial charge in [0.25, 0.3) is 0 Å². The van der Waals surface area contributed by atoms with Gasteiger partial charge in [-0.2, -0.15) is 0 Å². The Balaban J connectivity index is 2.03. The number of aryl methyl sites for hydroxylation is 1. The second-order valence-electron chi connectivity index (χ2n) is 5.30. The minimum Gasteiger partial charge on any atom is -0.249 e. The first-order valence-electron chi connectivity index (χ1n) is 6.42. The van der Waals surface area contributed by atoms with Gasteiger partial charge in [-0.1, -0.05) is 12.2 Å². The fraction of sp³-hybridized carbons (Fsp3) is 0.333. The largest absolute Gasteiger partial charge is 0.249 e. The average molecular weight is 254 g/mol. The number of hydrogen-bond acceptors (Lipinski definition) is 3. The van der Waals surface area contributed by atoms with Crippen LogP contribution in [-0.2, 0) is 0 Å².